The van der Waals surface area contributed by atoms with Gasteiger partial charge in [0, 0.05) is 31.2 Å². The number of halogens is 4. The number of aryl methyl sites for hydroxylation is 2. The van der Waals surface area contributed by atoms with Gasteiger partial charge in [-0.25, -0.2) is 14.2 Å². The van der Waals surface area contributed by atoms with Crippen LogP contribution in [0.15, 0.2) is 39.4 Å². The van der Waals surface area contributed by atoms with E-state index in [4.69, 9.17) is 0 Å². The minimum Gasteiger partial charge on any atom is -0.332 e. The van der Waals surface area contributed by atoms with Crippen LogP contribution >= 0.6 is 11.3 Å². The predicted octanol–water partition coefficient (Wildman–Crippen LogP) is 3.27. The number of rotatable bonds is 4. The summed E-state index contributed by atoms with van der Waals surface area (Å²) in [4.78, 5) is 41.6. The molecule has 3 aromatic heterocycles. The monoisotopic (exact) mass is 495 g/mol. The molecule has 0 saturated heterocycles. The first-order valence-electron chi connectivity index (χ1n) is 9.76. The Balaban J connectivity index is 1.57. The van der Waals surface area contributed by atoms with Crippen molar-refractivity contribution in [2.45, 2.75) is 19.6 Å². The molecule has 4 rings (SSSR count). The van der Waals surface area contributed by atoms with E-state index in [1.165, 1.54) is 28.6 Å². The van der Waals surface area contributed by atoms with E-state index in [2.05, 4.69) is 10.3 Å². The van der Waals surface area contributed by atoms with Crippen LogP contribution in [0.5, 0.6) is 0 Å². The first-order chi connectivity index (χ1) is 15.9. The predicted molar refractivity (Wildman–Crippen MR) is 118 cm³/mol. The largest absolute Gasteiger partial charge is 0.419 e. The molecule has 1 aromatic carbocycles. The van der Waals surface area contributed by atoms with Crippen LogP contribution in [0.4, 0.5) is 22.7 Å². The third-order valence-electron chi connectivity index (χ3n) is 5.29. The van der Waals surface area contributed by atoms with Gasteiger partial charge in [-0.1, -0.05) is 6.07 Å². The summed E-state index contributed by atoms with van der Waals surface area (Å²) in [6.45, 7) is 1.47. The SMILES string of the molecule is Cc1cn(CC(=O)Nc2nc(-c3ccc(C(F)(F)F)c(F)c3)cs2)c2c(=O)n(C)c(=O)n(C)c12. The maximum absolute atomic E-state index is 13.9. The van der Waals surface area contributed by atoms with E-state index in [1.54, 1.807) is 13.1 Å². The zero-order chi connectivity index (χ0) is 24.9. The number of amides is 1. The van der Waals surface area contributed by atoms with Crippen molar-refractivity contribution >= 4 is 33.4 Å². The second kappa shape index (κ2) is 8.24. The molecular weight excluding hydrogens is 478 g/mol. The zero-order valence-corrected chi connectivity index (χ0v) is 18.8. The van der Waals surface area contributed by atoms with Crippen molar-refractivity contribution in [3.05, 3.63) is 67.6 Å². The van der Waals surface area contributed by atoms with Gasteiger partial charge in [-0.05, 0) is 24.6 Å². The fraction of sp³-hybridized carbons (Fsp3) is 0.238. The highest BCUT2D eigenvalue weighted by Crippen LogP contribution is 2.34. The van der Waals surface area contributed by atoms with Crippen LogP contribution in [0.2, 0.25) is 0 Å². The van der Waals surface area contributed by atoms with Gasteiger partial charge in [0.2, 0.25) is 5.91 Å². The highest BCUT2D eigenvalue weighted by molar-refractivity contribution is 7.14. The second-order valence-electron chi connectivity index (χ2n) is 7.62. The number of alkyl halides is 3. The van der Waals surface area contributed by atoms with Crippen molar-refractivity contribution in [3.63, 3.8) is 0 Å². The Labute approximate surface area is 192 Å². The Morgan fingerprint density at radius 1 is 1.15 bits per heavy atom. The van der Waals surface area contributed by atoms with Gasteiger partial charge in [0.05, 0.1) is 16.8 Å². The molecular formula is C21H17F4N5O3S. The first kappa shape index (κ1) is 23.4. The Morgan fingerprint density at radius 2 is 1.85 bits per heavy atom. The average Bonchev–Trinajstić information content (AvgIpc) is 3.33. The van der Waals surface area contributed by atoms with Gasteiger partial charge in [-0.2, -0.15) is 13.2 Å². The quantitative estimate of drug-likeness (QED) is 0.440. The average molecular weight is 495 g/mol. The summed E-state index contributed by atoms with van der Waals surface area (Å²) in [5.74, 6) is -1.94. The number of nitrogens with zero attached hydrogens (tertiary/aromatic N) is 4. The van der Waals surface area contributed by atoms with Gasteiger partial charge < -0.3 is 9.88 Å². The van der Waals surface area contributed by atoms with Crippen molar-refractivity contribution < 1.29 is 22.4 Å². The zero-order valence-electron chi connectivity index (χ0n) is 18.0. The molecule has 8 nitrogen and oxygen atoms in total. The summed E-state index contributed by atoms with van der Waals surface area (Å²) in [6, 6.07) is 2.47. The lowest BCUT2D eigenvalue weighted by molar-refractivity contribution is -0.140. The van der Waals surface area contributed by atoms with Crippen LogP contribution in [0.1, 0.15) is 11.1 Å². The molecule has 0 unspecified atom stereocenters. The molecule has 34 heavy (non-hydrogen) atoms. The minimum atomic E-state index is -4.81. The smallest absolute Gasteiger partial charge is 0.332 e. The molecule has 0 saturated carbocycles. The third-order valence-corrected chi connectivity index (χ3v) is 6.04. The molecule has 0 radical (unpaired) electrons. The molecule has 0 fully saturated rings. The van der Waals surface area contributed by atoms with Crippen LogP contribution in [-0.2, 0) is 31.6 Å². The summed E-state index contributed by atoms with van der Waals surface area (Å²) in [7, 11) is 2.88. The number of anilines is 1. The lowest BCUT2D eigenvalue weighted by Gasteiger charge is -2.08. The fourth-order valence-corrected chi connectivity index (χ4v) is 4.44. The normalized spacial score (nSPS) is 11.9. The summed E-state index contributed by atoms with van der Waals surface area (Å²) in [6.07, 6.45) is -3.22. The third kappa shape index (κ3) is 4.02. The van der Waals surface area contributed by atoms with Gasteiger partial charge in [-0.3, -0.25) is 18.7 Å². The Morgan fingerprint density at radius 3 is 2.50 bits per heavy atom. The van der Waals surface area contributed by atoms with E-state index in [1.807, 2.05) is 0 Å². The molecule has 3 heterocycles. The second-order valence-corrected chi connectivity index (χ2v) is 8.48. The molecule has 178 valence electrons. The van der Waals surface area contributed by atoms with E-state index >= 15 is 0 Å². The number of fused-ring (bicyclic) bond motifs is 1. The molecule has 0 spiro atoms. The van der Waals surface area contributed by atoms with E-state index in [0.29, 0.717) is 17.1 Å². The Kier molecular flexibility index (Phi) is 5.67. The van der Waals surface area contributed by atoms with Crippen LogP contribution in [0, 0.1) is 12.7 Å². The van der Waals surface area contributed by atoms with E-state index in [-0.39, 0.29) is 28.5 Å². The summed E-state index contributed by atoms with van der Waals surface area (Å²) in [5.41, 5.74) is -0.839. The number of benzene rings is 1. The highest BCUT2D eigenvalue weighted by Gasteiger charge is 2.34. The van der Waals surface area contributed by atoms with Gasteiger partial charge >= 0.3 is 11.9 Å². The lowest BCUT2D eigenvalue weighted by atomic mass is 10.1. The van der Waals surface area contributed by atoms with Crippen molar-refractivity contribution in [3.8, 4) is 11.3 Å². The number of hydrogen-bond acceptors (Lipinski definition) is 5. The van der Waals surface area contributed by atoms with Gasteiger partial charge in [0.1, 0.15) is 17.9 Å². The topological polar surface area (TPSA) is 90.9 Å². The number of thiazole rings is 1. The molecule has 13 heteroatoms. The maximum Gasteiger partial charge on any atom is 0.419 e. The van der Waals surface area contributed by atoms with Gasteiger partial charge in [0.15, 0.2) is 5.13 Å². The summed E-state index contributed by atoms with van der Waals surface area (Å²) < 4.78 is 55.9. The minimum absolute atomic E-state index is 0.124. The molecule has 4 aromatic rings. The Bertz CT molecular complexity index is 1560. The van der Waals surface area contributed by atoms with Crippen LogP contribution < -0.4 is 16.6 Å². The lowest BCUT2D eigenvalue weighted by Crippen LogP contribution is -2.37. The Hall–Kier alpha value is -3.74. The number of hydrogen-bond donors (Lipinski definition) is 1. The van der Waals surface area contributed by atoms with Crippen LogP contribution in [-0.4, -0.2) is 24.6 Å². The van der Waals surface area contributed by atoms with E-state index in [9.17, 15) is 31.9 Å². The fourth-order valence-electron chi connectivity index (χ4n) is 3.70. The van der Waals surface area contributed by atoms with Gasteiger partial charge in [0.25, 0.3) is 5.56 Å². The van der Waals surface area contributed by atoms with Crippen LogP contribution in [0.3, 0.4) is 0 Å². The molecule has 0 aliphatic carbocycles. The molecule has 1 N–H and O–H groups in total. The maximum atomic E-state index is 13.9. The number of nitrogens with one attached hydrogen (secondary N) is 1. The number of carbonyl (C=O) groups is 1. The highest BCUT2D eigenvalue weighted by atomic mass is 32.1. The van der Waals surface area contributed by atoms with Crippen molar-refractivity contribution in [1.29, 1.82) is 0 Å². The van der Waals surface area contributed by atoms with E-state index in [0.717, 1.165) is 28.0 Å². The van der Waals surface area contributed by atoms with Gasteiger partial charge in [-0.15, -0.1) is 11.3 Å². The molecule has 1 amide bonds. The number of carbonyl (C=O) groups excluding carboxylic acids is 1. The van der Waals surface area contributed by atoms with Crippen LogP contribution in [0.25, 0.3) is 22.3 Å². The number of aromatic nitrogens is 4. The first-order valence-corrected chi connectivity index (χ1v) is 10.6. The van der Waals surface area contributed by atoms with E-state index < -0.39 is 34.7 Å². The molecule has 0 aliphatic heterocycles. The van der Waals surface area contributed by atoms with Crippen molar-refractivity contribution in [2.75, 3.05) is 5.32 Å². The van der Waals surface area contributed by atoms with Crippen molar-refractivity contribution in [1.82, 2.24) is 18.7 Å². The summed E-state index contributed by atoms with van der Waals surface area (Å²) in [5, 5.41) is 4.18. The van der Waals surface area contributed by atoms with Crippen molar-refractivity contribution in [2.24, 2.45) is 14.1 Å². The molecule has 0 aliphatic rings. The summed E-state index contributed by atoms with van der Waals surface area (Å²) >= 11 is 1.01. The molecule has 0 atom stereocenters. The molecule has 0 bridgehead atoms. The standard InChI is InChI=1S/C21H17F4N5O3S/c1-10-7-30(17-16(10)28(2)20(33)29(3)18(17)32)8-15(31)27-19-26-14(9-34-19)11-4-5-12(13(22)6-11)21(23,24)25/h4-7,9H,8H2,1-3H3,(H,26,27,31).